The number of tetrazole rings is 1. The molecule has 0 aliphatic rings. The van der Waals surface area contributed by atoms with Gasteiger partial charge in [-0.1, -0.05) is 35.5 Å². The number of oxime groups is 1. The molecule has 30 heavy (non-hydrogen) atoms. The van der Waals surface area contributed by atoms with Crippen LogP contribution in [0, 0.1) is 12.3 Å². The number of terminal acetylenes is 1. The number of carbonyl (C=O) groups is 1. The summed E-state index contributed by atoms with van der Waals surface area (Å²) in [5, 5.41) is 17.9. The molecule has 0 radical (unpaired) electrons. The van der Waals surface area contributed by atoms with Crippen LogP contribution in [0.4, 0.5) is 10.6 Å². The summed E-state index contributed by atoms with van der Waals surface area (Å²) >= 11 is 0. The number of carbonyl (C=O) groups excluding carboxylic acids is 1. The van der Waals surface area contributed by atoms with Gasteiger partial charge in [-0.25, -0.2) is 14.5 Å². The molecule has 0 fully saturated rings. The van der Waals surface area contributed by atoms with E-state index in [1.54, 1.807) is 36.1 Å². The summed E-state index contributed by atoms with van der Waals surface area (Å²) in [6.07, 6.45) is 6.43. The van der Waals surface area contributed by atoms with Gasteiger partial charge >= 0.3 is 6.09 Å². The van der Waals surface area contributed by atoms with Gasteiger partial charge in [0.2, 0.25) is 0 Å². The number of nitrogens with zero attached hydrogens (tertiary/aromatic N) is 6. The van der Waals surface area contributed by atoms with E-state index in [1.807, 2.05) is 24.3 Å². The topological polar surface area (TPSA) is 116 Å². The molecule has 0 saturated heterocycles. The van der Waals surface area contributed by atoms with E-state index < -0.39 is 6.09 Å². The maximum absolute atomic E-state index is 11.6. The third kappa shape index (κ3) is 5.87. The molecular formula is C20H19N7O3. The normalized spacial score (nSPS) is 10.5. The first-order valence-corrected chi connectivity index (χ1v) is 8.97. The Morgan fingerprint density at radius 3 is 2.87 bits per heavy atom. The van der Waals surface area contributed by atoms with E-state index in [-0.39, 0.29) is 13.2 Å². The molecule has 0 atom stereocenters. The minimum Gasteiger partial charge on any atom is -0.448 e. The highest BCUT2D eigenvalue weighted by Gasteiger charge is 2.06. The Kier molecular flexibility index (Phi) is 7.05. The van der Waals surface area contributed by atoms with Crippen LogP contribution in [0.5, 0.6) is 0 Å². The number of pyridine rings is 1. The number of aromatic nitrogens is 5. The summed E-state index contributed by atoms with van der Waals surface area (Å²) in [5.41, 5.74) is 2.34. The summed E-state index contributed by atoms with van der Waals surface area (Å²) in [6, 6.07) is 12.7. The number of nitrogens with one attached hydrogen (secondary N) is 1. The molecule has 10 nitrogen and oxygen atoms in total. The molecule has 2 heterocycles. The number of ether oxygens (including phenoxy) is 1. The van der Waals surface area contributed by atoms with Gasteiger partial charge in [-0.05, 0) is 28.1 Å². The van der Waals surface area contributed by atoms with Crippen molar-refractivity contribution in [1.29, 1.82) is 0 Å². The predicted molar refractivity (Wildman–Crippen MR) is 109 cm³/mol. The zero-order valence-electron chi connectivity index (χ0n) is 16.2. The number of hydrogen-bond donors (Lipinski definition) is 1. The van der Waals surface area contributed by atoms with Crippen LogP contribution >= 0.6 is 0 Å². The molecule has 10 heteroatoms. The second kappa shape index (κ2) is 10.3. The third-order valence-corrected chi connectivity index (χ3v) is 3.79. The maximum Gasteiger partial charge on any atom is 0.412 e. The van der Waals surface area contributed by atoms with Gasteiger partial charge in [-0.2, -0.15) is 0 Å². The average molecular weight is 405 g/mol. The van der Waals surface area contributed by atoms with Gasteiger partial charge in [0, 0.05) is 19.0 Å². The van der Waals surface area contributed by atoms with E-state index >= 15 is 0 Å². The summed E-state index contributed by atoms with van der Waals surface area (Å²) < 4.78 is 6.51. The fraction of sp³-hybridized carbons (Fsp3) is 0.200. The number of anilines is 1. The van der Waals surface area contributed by atoms with Gasteiger partial charge < -0.3 is 9.57 Å². The average Bonchev–Trinajstić information content (AvgIpc) is 3.18. The monoisotopic (exact) mass is 405 g/mol. The molecule has 3 rings (SSSR count). The van der Waals surface area contributed by atoms with Gasteiger partial charge in [-0.15, -0.1) is 17.4 Å². The lowest BCUT2D eigenvalue weighted by atomic mass is 10.1. The van der Waals surface area contributed by atoms with E-state index in [9.17, 15) is 4.79 Å². The highest BCUT2D eigenvalue weighted by molar-refractivity contribution is 5.83. The van der Waals surface area contributed by atoms with Crippen molar-refractivity contribution in [2.75, 3.05) is 11.9 Å². The first-order valence-electron chi connectivity index (χ1n) is 8.97. The van der Waals surface area contributed by atoms with E-state index in [4.69, 9.17) is 16.0 Å². The molecule has 0 spiro atoms. The van der Waals surface area contributed by atoms with E-state index in [0.29, 0.717) is 23.8 Å². The minimum atomic E-state index is -0.616. The van der Waals surface area contributed by atoms with Gasteiger partial charge in [0.25, 0.3) is 0 Å². The van der Waals surface area contributed by atoms with Crippen LogP contribution in [0.2, 0.25) is 0 Å². The van der Waals surface area contributed by atoms with Gasteiger partial charge in [0.15, 0.2) is 12.4 Å². The number of aryl methyl sites for hydroxylation is 1. The standard InChI is InChI=1S/C20H19N7O3/c1-3-4-12-29-20(28)23-18-7-5-6-17(22-18)14-30-21-13-15-8-10-16(11-9-15)19-24-25-26-27(19)2/h1,5-11,13H,4,12,14H2,2H3,(H,22,23,28)/b21-13-. The smallest absolute Gasteiger partial charge is 0.412 e. The van der Waals surface area contributed by atoms with Crippen molar-refractivity contribution < 1.29 is 14.4 Å². The van der Waals surface area contributed by atoms with Crippen LogP contribution in [-0.4, -0.2) is 44.1 Å². The van der Waals surface area contributed by atoms with E-state index in [0.717, 1.165) is 11.1 Å². The molecule has 2 aromatic heterocycles. The van der Waals surface area contributed by atoms with E-state index in [2.05, 4.69) is 36.9 Å². The molecule has 1 amide bonds. The van der Waals surface area contributed by atoms with Crippen molar-refractivity contribution in [1.82, 2.24) is 25.2 Å². The first-order chi connectivity index (χ1) is 14.7. The SMILES string of the molecule is C#CCCOC(=O)Nc1cccc(CO/N=C\c2ccc(-c3nnnn3C)cc2)n1. The molecule has 3 aromatic rings. The molecule has 0 unspecified atom stereocenters. The van der Waals surface area contributed by atoms with E-state index in [1.165, 1.54) is 0 Å². The Morgan fingerprint density at radius 1 is 1.30 bits per heavy atom. The van der Waals surface area contributed by atoms with Crippen molar-refractivity contribution in [2.45, 2.75) is 13.0 Å². The van der Waals surface area contributed by atoms with Crippen molar-refractivity contribution in [3.8, 4) is 23.7 Å². The van der Waals surface area contributed by atoms with Gasteiger partial charge in [-0.3, -0.25) is 5.32 Å². The molecule has 0 saturated carbocycles. The van der Waals surface area contributed by atoms with Gasteiger partial charge in [0.05, 0.1) is 11.9 Å². The molecule has 1 N–H and O–H groups in total. The molecule has 0 aliphatic heterocycles. The van der Waals surface area contributed by atoms with Crippen molar-refractivity contribution in [3.63, 3.8) is 0 Å². The highest BCUT2D eigenvalue weighted by atomic mass is 16.6. The maximum atomic E-state index is 11.6. The fourth-order valence-electron chi connectivity index (χ4n) is 2.37. The van der Waals surface area contributed by atoms with Crippen LogP contribution in [0.3, 0.4) is 0 Å². The molecule has 0 bridgehead atoms. The second-order valence-corrected chi connectivity index (χ2v) is 5.99. The largest absolute Gasteiger partial charge is 0.448 e. The number of benzene rings is 1. The van der Waals surface area contributed by atoms with Crippen molar-refractivity contribution in [3.05, 3.63) is 53.7 Å². The van der Waals surface area contributed by atoms with Crippen molar-refractivity contribution in [2.24, 2.45) is 12.2 Å². The predicted octanol–water partition coefficient (Wildman–Crippen LogP) is 2.39. The Morgan fingerprint density at radius 2 is 2.13 bits per heavy atom. The lowest BCUT2D eigenvalue weighted by molar-refractivity contribution is 0.129. The van der Waals surface area contributed by atoms with Crippen LogP contribution in [0.1, 0.15) is 17.7 Å². The Labute approximate surface area is 172 Å². The summed E-state index contributed by atoms with van der Waals surface area (Å²) in [5.74, 6) is 3.41. The van der Waals surface area contributed by atoms with Crippen LogP contribution < -0.4 is 5.32 Å². The summed E-state index contributed by atoms with van der Waals surface area (Å²) in [4.78, 5) is 21.2. The summed E-state index contributed by atoms with van der Waals surface area (Å²) in [7, 11) is 1.78. The number of amides is 1. The number of hydrogen-bond acceptors (Lipinski definition) is 8. The Hall–Kier alpha value is -4.26. The molecule has 1 aromatic carbocycles. The quantitative estimate of drug-likeness (QED) is 0.265. The lowest BCUT2D eigenvalue weighted by Crippen LogP contribution is -2.15. The Bertz CT molecular complexity index is 1050. The zero-order valence-corrected chi connectivity index (χ0v) is 16.2. The molecule has 0 aliphatic carbocycles. The minimum absolute atomic E-state index is 0.140. The fourth-order valence-corrected chi connectivity index (χ4v) is 2.37. The molecular weight excluding hydrogens is 386 g/mol. The first kappa shape index (κ1) is 20.5. The summed E-state index contributed by atoms with van der Waals surface area (Å²) in [6.45, 7) is 0.289. The lowest BCUT2D eigenvalue weighted by Gasteiger charge is -2.06. The molecule has 152 valence electrons. The highest BCUT2D eigenvalue weighted by Crippen LogP contribution is 2.15. The van der Waals surface area contributed by atoms with Crippen LogP contribution in [0.15, 0.2) is 47.6 Å². The number of rotatable bonds is 8. The Balaban J connectivity index is 1.49. The van der Waals surface area contributed by atoms with Crippen molar-refractivity contribution >= 4 is 18.1 Å². The second-order valence-electron chi connectivity index (χ2n) is 5.99. The third-order valence-electron chi connectivity index (χ3n) is 3.79. The zero-order chi connectivity index (χ0) is 21.2. The van der Waals surface area contributed by atoms with Crippen LogP contribution in [0.25, 0.3) is 11.4 Å². The van der Waals surface area contributed by atoms with Gasteiger partial charge in [0.1, 0.15) is 12.4 Å². The van der Waals surface area contributed by atoms with Crippen LogP contribution in [-0.2, 0) is 23.2 Å².